The molecule has 66 valence electrons. The van der Waals surface area contributed by atoms with Gasteiger partial charge in [0.05, 0.1) is 0 Å². The molecule has 11 heavy (non-hydrogen) atoms. The lowest BCUT2D eigenvalue weighted by atomic mass is 10.3. The monoisotopic (exact) mass is 162 g/mol. The molecule has 4 heteroatoms. The van der Waals surface area contributed by atoms with E-state index in [0.29, 0.717) is 0 Å². The van der Waals surface area contributed by atoms with Crippen molar-refractivity contribution in [2.75, 3.05) is 21.3 Å². The van der Waals surface area contributed by atoms with Gasteiger partial charge in [-0.05, 0) is 0 Å². The molecule has 3 unspecified atom stereocenters. The Labute approximate surface area is 66.4 Å². The highest BCUT2D eigenvalue weighted by atomic mass is 16.8. The van der Waals surface area contributed by atoms with Crippen LogP contribution in [0.2, 0.25) is 0 Å². The molecule has 1 heterocycles. The van der Waals surface area contributed by atoms with Crippen LogP contribution < -0.4 is 0 Å². The van der Waals surface area contributed by atoms with E-state index in [4.69, 9.17) is 18.9 Å². The maximum atomic E-state index is 5.29. The van der Waals surface area contributed by atoms with E-state index in [1.165, 1.54) is 0 Å². The SMILES string of the molecule is COC1CC(OC)C(OC)O1. The normalized spacial score (nSPS) is 37.9. The van der Waals surface area contributed by atoms with Crippen LogP contribution in [0.1, 0.15) is 6.42 Å². The molecule has 0 saturated carbocycles. The Balaban J connectivity index is 2.41. The Hall–Kier alpha value is -0.160. The van der Waals surface area contributed by atoms with Gasteiger partial charge in [0.2, 0.25) is 0 Å². The first-order chi connectivity index (χ1) is 5.31. The molecule has 0 amide bonds. The van der Waals surface area contributed by atoms with E-state index in [1.807, 2.05) is 0 Å². The summed E-state index contributed by atoms with van der Waals surface area (Å²) < 4.78 is 20.4. The third-order valence-corrected chi connectivity index (χ3v) is 1.81. The van der Waals surface area contributed by atoms with Gasteiger partial charge >= 0.3 is 0 Å². The molecule has 0 aliphatic carbocycles. The van der Waals surface area contributed by atoms with Crippen molar-refractivity contribution < 1.29 is 18.9 Å². The summed E-state index contributed by atoms with van der Waals surface area (Å²) in [5.41, 5.74) is 0. The van der Waals surface area contributed by atoms with Crippen LogP contribution in [0.5, 0.6) is 0 Å². The molecule has 3 atom stereocenters. The first kappa shape index (κ1) is 8.93. The molecule has 0 aromatic rings. The van der Waals surface area contributed by atoms with Crippen LogP contribution in [-0.4, -0.2) is 40.0 Å². The maximum Gasteiger partial charge on any atom is 0.186 e. The second-order valence-electron chi connectivity index (χ2n) is 2.42. The van der Waals surface area contributed by atoms with E-state index in [-0.39, 0.29) is 18.7 Å². The van der Waals surface area contributed by atoms with Crippen molar-refractivity contribution in [3.63, 3.8) is 0 Å². The number of methoxy groups -OCH3 is 3. The van der Waals surface area contributed by atoms with Crippen molar-refractivity contribution >= 4 is 0 Å². The topological polar surface area (TPSA) is 36.9 Å². The Morgan fingerprint density at radius 2 is 1.82 bits per heavy atom. The number of hydrogen-bond acceptors (Lipinski definition) is 4. The molecule has 4 nitrogen and oxygen atoms in total. The molecule has 0 aromatic heterocycles. The van der Waals surface area contributed by atoms with Crippen LogP contribution >= 0.6 is 0 Å². The fourth-order valence-corrected chi connectivity index (χ4v) is 1.16. The molecule has 1 rings (SSSR count). The minimum absolute atomic E-state index is 0.00931. The standard InChI is InChI=1S/C7H14O4/c1-8-5-4-6(9-2)11-7(5)10-3/h5-7H,4H2,1-3H3. The first-order valence-electron chi connectivity index (χ1n) is 3.55. The summed E-state index contributed by atoms with van der Waals surface area (Å²) in [6, 6.07) is 0. The van der Waals surface area contributed by atoms with Crippen LogP contribution in [0.25, 0.3) is 0 Å². The molecule has 1 aliphatic rings. The maximum absolute atomic E-state index is 5.29. The van der Waals surface area contributed by atoms with Gasteiger partial charge in [0.1, 0.15) is 6.10 Å². The van der Waals surface area contributed by atoms with Gasteiger partial charge in [-0.15, -0.1) is 0 Å². The highest BCUT2D eigenvalue weighted by molar-refractivity contribution is 4.72. The van der Waals surface area contributed by atoms with Gasteiger partial charge in [-0.1, -0.05) is 0 Å². The Morgan fingerprint density at radius 1 is 1.09 bits per heavy atom. The van der Waals surface area contributed by atoms with Crippen molar-refractivity contribution in [1.82, 2.24) is 0 Å². The molecule has 0 spiro atoms. The summed E-state index contributed by atoms with van der Waals surface area (Å²) in [5, 5.41) is 0. The molecule has 0 aromatic carbocycles. The lowest BCUT2D eigenvalue weighted by Gasteiger charge is -2.13. The van der Waals surface area contributed by atoms with Gasteiger partial charge in [-0.2, -0.15) is 0 Å². The Morgan fingerprint density at radius 3 is 2.18 bits per heavy atom. The zero-order valence-corrected chi connectivity index (χ0v) is 7.07. The van der Waals surface area contributed by atoms with Crippen molar-refractivity contribution in [2.45, 2.75) is 25.1 Å². The van der Waals surface area contributed by atoms with Gasteiger partial charge in [0.15, 0.2) is 12.6 Å². The molecule has 1 fully saturated rings. The third-order valence-electron chi connectivity index (χ3n) is 1.81. The van der Waals surface area contributed by atoms with Gasteiger partial charge in [-0.3, -0.25) is 0 Å². The summed E-state index contributed by atoms with van der Waals surface area (Å²) in [6.07, 6.45) is 0.241. The fraction of sp³-hybridized carbons (Fsp3) is 1.00. The summed E-state index contributed by atoms with van der Waals surface area (Å²) in [7, 11) is 4.84. The molecular formula is C7H14O4. The quantitative estimate of drug-likeness (QED) is 0.600. The Kier molecular flexibility index (Phi) is 3.26. The van der Waals surface area contributed by atoms with Gasteiger partial charge in [0.25, 0.3) is 0 Å². The van der Waals surface area contributed by atoms with E-state index in [2.05, 4.69) is 0 Å². The third kappa shape index (κ3) is 1.90. The minimum Gasteiger partial charge on any atom is -0.376 e. The average Bonchev–Trinajstić information content (AvgIpc) is 2.46. The molecule has 1 saturated heterocycles. The first-order valence-corrected chi connectivity index (χ1v) is 3.55. The van der Waals surface area contributed by atoms with Crippen molar-refractivity contribution in [3.05, 3.63) is 0 Å². The molecule has 0 bridgehead atoms. The smallest absolute Gasteiger partial charge is 0.186 e. The largest absolute Gasteiger partial charge is 0.376 e. The second-order valence-corrected chi connectivity index (χ2v) is 2.42. The molecule has 0 N–H and O–H groups in total. The number of hydrogen-bond donors (Lipinski definition) is 0. The van der Waals surface area contributed by atoms with E-state index in [9.17, 15) is 0 Å². The molecular weight excluding hydrogens is 148 g/mol. The predicted molar refractivity (Wildman–Crippen MR) is 38.1 cm³/mol. The summed E-state index contributed by atoms with van der Waals surface area (Å²) in [6.45, 7) is 0. The minimum atomic E-state index is -0.287. The molecule has 1 aliphatic heterocycles. The summed E-state index contributed by atoms with van der Waals surface area (Å²) in [5.74, 6) is 0. The Bertz CT molecular complexity index is 105. The van der Waals surface area contributed by atoms with Gasteiger partial charge in [-0.25, -0.2) is 0 Å². The van der Waals surface area contributed by atoms with Crippen LogP contribution in [0, 0.1) is 0 Å². The lowest BCUT2D eigenvalue weighted by Crippen LogP contribution is -2.24. The summed E-state index contributed by atoms with van der Waals surface area (Å²) >= 11 is 0. The van der Waals surface area contributed by atoms with Gasteiger partial charge in [0, 0.05) is 27.8 Å². The highest BCUT2D eigenvalue weighted by Crippen LogP contribution is 2.23. The molecule has 0 radical (unpaired) electrons. The number of rotatable bonds is 3. The second kappa shape index (κ2) is 4.01. The summed E-state index contributed by atoms with van der Waals surface area (Å²) in [4.78, 5) is 0. The fourth-order valence-electron chi connectivity index (χ4n) is 1.16. The lowest BCUT2D eigenvalue weighted by molar-refractivity contribution is -0.201. The van der Waals surface area contributed by atoms with Crippen LogP contribution in [0.15, 0.2) is 0 Å². The van der Waals surface area contributed by atoms with Crippen LogP contribution in [0.4, 0.5) is 0 Å². The average molecular weight is 162 g/mol. The van der Waals surface area contributed by atoms with E-state index in [1.54, 1.807) is 21.3 Å². The van der Waals surface area contributed by atoms with Crippen molar-refractivity contribution in [2.24, 2.45) is 0 Å². The van der Waals surface area contributed by atoms with E-state index >= 15 is 0 Å². The number of ether oxygens (including phenoxy) is 4. The van der Waals surface area contributed by atoms with E-state index < -0.39 is 0 Å². The highest BCUT2D eigenvalue weighted by Gasteiger charge is 2.35. The van der Waals surface area contributed by atoms with Crippen LogP contribution in [0.3, 0.4) is 0 Å². The van der Waals surface area contributed by atoms with Crippen molar-refractivity contribution in [3.8, 4) is 0 Å². The van der Waals surface area contributed by atoms with Gasteiger partial charge < -0.3 is 18.9 Å². The zero-order chi connectivity index (χ0) is 8.27. The van der Waals surface area contributed by atoms with Crippen LogP contribution in [-0.2, 0) is 18.9 Å². The predicted octanol–water partition coefficient (Wildman–Crippen LogP) is 0.367. The zero-order valence-electron chi connectivity index (χ0n) is 7.07. The van der Waals surface area contributed by atoms with Crippen molar-refractivity contribution in [1.29, 1.82) is 0 Å². The van der Waals surface area contributed by atoms with E-state index in [0.717, 1.165) is 6.42 Å².